The zero-order chi connectivity index (χ0) is 17.7. The molecule has 0 aliphatic carbocycles. The molecule has 24 heavy (non-hydrogen) atoms. The molecule has 0 saturated heterocycles. The molecule has 0 spiro atoms. The van der Waals surface area contributed by atoms with E-state index in [1.165, 1.54) is 18.2 Å². The van der Waals surface area contributed by atoms with Crippen LogP contribution in [0.25, 0.3) is 0 Å². The average Bonchev–Trinajstić information content (AvgIpc) is 2.54. The van der Waals surface area contributed by atoms with Crippen molar-refractivity contribution in [2.45, 2.75) is 12.1 Å². The molecule has 0 radical (unpaired) electrons. The predicted molar refractivity (Wildman–Crippen MR) is 88.9 cm³/mol. The summed E-state index contributed by atoms with van der Waals surface area (Å²) in [5, 5.41) is 10.4. The first-order chi connectivity index (χ1) is 11.4. The fourth-order valence-corrected chi connectivity index (χ4v) is 2.65. The molecule has 5 nitrogen and oxygen atoms in total. The Morgan fingerprint density at radius 2 is 1.92 bits per heavy atom. The number of aliphatic hydroxyl groups excluding tert-OH is 1. The Bertz CT molecular complexity index is 708. The van der Waals surface area contributed by atoms with Crippen LogP contribution in [-0.4, -0.2) is 36.6 Å². The van der Waals surface area contributed by atoms with Gasteiger partial charge in [0.05, 0.1) is 13.2 Å². The molecule has 0 heterocycles. The third-order valence-electron chi connectivity index (χ3n) is 3.81. The number of benzene rings is 2. The molecule has 0 aliphatic heterocycles. The molecule has 2 atom stereocenters. The molecule has 2 rings (SSSR count). The first-order valence-electron chi connectivity index (χ1n) is 7.49. The number of methoxy groups -OCH3 is 1. The molecule has 2 aromatic rings. The van der Waals surface area contributed by atoms with Gasteiger partial charge in [0.2, 0.25) is 5.91 Å². The van der Waals surface area contributed by atoms with Gasteiger partial charge in [0.25, 0.3) is 0 Å². The molecule has 0 fully saturated rings. The molecular weight excluding hydrogens is 311 g/mol. The second-order valence-corrected chi connectivity index (χ2v) is 5.59. The number of nitrogens with two attached hydrogens (primary N) is 1. The summed E-state index contributed by atoms with van der Waals surface area (Å²) in [5.41, 5.74) is 6.58. The smallest absolute Gasteiger partial charge is 0.239 e. The van der Waals surface area contributed by atoms with Gasteiger partial charge in [0.15, 0.2) is 0 Å². The van der Waals surface area contributed by atoms with Crippen LogP contribution >= 0.6 is 0 Å². The lowest BCUT2D eigenvalue weighted by Gasteiger charge is -2.28. The summed E-state index contributed by atoms with van der Waals surface area (Å²) < 4.78 is 18.6. The maximum absolute atomic E-state index is 13.4. The van der Waals surface area contributed by atoms with E-state index in [1.807, 2.05) is 0 Å². The summed E-state index contributed by atoms with van der Waals surface area (Å²) in [5.74, 6) is -0.424. The lowest BCUT2D eigenvalue weighted by molar-refractivity contribution is -0.123. The van der Waals surface area contributed by atoms with Gasteiger partial charge in [0, 0.05) is 6.54 Å². The lowest BCUT2D eigenvalue weighted by Crippen LogP contribution is -2.37. The van der Waals surface area contributed by atoms with Crippen molar-refractivity contribution in [1.82, 2.24) is 4.90 Å². The number of carbonyl (C=O) groups excluding carboxylic acids is 1. The van der Waals surface area contributed by atoms with Crippen molar-refractivity contribution >= 4 is 5.91 Å². The summed E-state index contributed by atoms with van der Waals surface area (Å²) >= 11 is 0. The Labute approximate surface area is 140 Å². The number of halogens is 1. The molecular formula is C18H21FN2O3. The van der Waals surface area contributed by atoms with Gasteiger partial charge in [-0.25, -0.2) is 4.39 Å². The zero-order valence-corrected chi connectivity index (χ0v) is 13.6. The third-order valence-corrected chi connectivity index (χ3v) is 3.81. The SMILES string of the molecule is COc1cccc(C(O)CN(C)C(C(N)=O)c2cccc(F)c2)c1. The van der Waals surface area contributed by atoms with Gasteiger partial charge in [0.1, 0.15) is 17.6 Å². The fourth-order valence-electron chi connectivity index (χ4n) is 2.65. The van der Waals surface area contributed by atoms with Gasteiger partial charge in [-0.2, -0.15) is 0 Å². The van der Waals surface area contributed by atoms with E-state index in [2.05, 4.69) is 0 Å². The van der Waals surface area contributed by atoms with Crippen LogP contribution in [0, 0.1) is 5.82 Å². The van der Waals surface area contributed by atoms with E-state index in [-0.39, 0.29) is 6.54 Å². The number of nitrogens with zero attached hydrogens (tertiary/aromatic N) is 1. The molecule has 0 bridgehead atoms. The van der Waals surface area contributed by atoms with E-state index in [1.54, 1.807) is 49.4 Å². The lowest BCUT2D eigenvalue weighted by atomic mass is 10.0. The zero-order valence-electron chi connectivity index (χ0n) is 13.6. The van der Waals surface area contributed by atoms with Crippen molar-refractivity contribution < 1.29 is 19.0 Å². The summed E-state index contributed by atoms with van der Waals surface area (Å²) in [6.45, 7) is 0.150. The second-order valence-electron chi connectivity index (χ2n) is 5.59. The molecule has 0 aliphatic rings. The highest BCUT2D eigenvalue weighted by Gasteiger charge is 2.25. The standard InChI is InChI=1S/C18H21FN2O3/c1-21(11-16(22)12-5-4-8-15(10-12)24-2)17(18(20)23)13-6-3-7-14(19)9-13/h3-10,16-17,22H,11H2,1-2H3,(H2,20,23). The van der Waals surface area contributed by atoms with Crippen LogP contribution in [0.2, 0.25) is 0 Å². The minimum atomic E-state index is -0.847. The van der Waals surface area contributed by atoms with Crippen LogP contribution in [0.1, 0.15) is 23.3 Å². The number of hydrogen-bond acceptors (Lipinski definition) is 4. The Balaban J connectivity index is 2.18. The summed E-state index contributed by atoms with van der Waals surface area (Å²) in [6.07, 6.45) is -0.847. The van der Waals surface area contributed by atoms with E-state index in [4.69, 9.17) is 10.5 Å². The first-order valence-corrected chi connectivity index (χ1v) is 7.49. The van der Waals surface area contributed by atoms with Crippen molar-refractivity contribution in [2.75, 3.05) is 20.7 Å². The molecule has 3 N–H and O–H groups in total. The van der Waals surface area contributed by atoms with Crippen molar-refractivity contribution in [3.05, 3.63) is 65.5 Å². The topological polar surface area (TPSA) is 75.8 Å². The molecule has 6 heteroatoms. The molecule has 0 aromatic heterocycles. The summed E-state index contributed by atoms with van der Waals surface area (Å²) in [4.78, 5) is 13.4. The van der Waals surface area contributed by atoms with E-state index in [0.29, 0.717) is 16.9 Å². The Morgan fingerprint density at radius 3 is 2.54 bits per heavy atom. The fraction of sp³-hybridized carbons (Fsp3) is 0.278. The second kappa shape index (κ2) is 7.90. The number of likely N-dealkylation sites (N-methyl/N-ethyl adjacent to an activating group) is 1. The quantitative estimate of drug-likeness (QED) is 0.813. The minimum Gasteiger partial charge on any atom is -0.497 e. The highest BCUT2D eigenvalue weighted by Crippen LogP contribution is 2.24. The molecule has 0 saturated carbocycles. The van der Waals surface area contributed by atoms with Gasteiger partial charge in [-0.05, 0) is 42.4 Å². The van der Waals surface area contributed by atoms with E-state index < -0.39 is 23.9 Å². The first kappa shape index (κ1) is 17.9. The van der Waals surface area contributed by atoms with E-state index in [0.717, 1.165) is 0 Å². The number of ether oxygens (including phenoxy) is 1. The maximum atomic E-state index is 13.4. The number of aliphatic hydroxyl groups is 1. The van der Waals surface area contributed by atoms with Crippen molar-refractivity contribution in [3.63, 3.8) is 0 Å². The maximum Gasteiger partial charge on any atom is 0.239 e. The van der Waals surface area contributed by atoms with Crippen LogP contribution in [0.5, 0.6) is 5.75 Å². The van der Waals surface area contributed by atoms with Gasteiger partial charge in [-0.3, -0.25) is 9.69 Å². The third kappa shape index (κ3) is 4.31. The Morgan fingerprint density at radius 1 is 1.25 bits per heavy atom. The van der Waals surface area contributed by atoms with Gasteiger partial charge in [-0.15, -0.1) is 0 Å². The highest BCUT2D eigenvalue weighted by atomic mass is 19.1. The summed E-state index contributed by atoms with van der Waals surface area (Å²) in [7, 11) is 3.20. The number of amides is 1. The van der Waals surface area contributed by atoms with Crippen LogP contribution in [0.15, 0.2) is 48.5 Å². The molecule has 2 unspecified atom stereocenters. The van der Waals surface area contributed by atoms with E-state index in [9.17, 15) is 14.3 Å². The number of primary amides is 1. The number of hydrogen-bond donors (Lipinski definition) is 2. The minimum absolute atomic E-state index is 0.150. The normalized spacial score (nSPS) is 13.5. The average molecular weight is 332 g/mol. The molecule has 128 valence electrons. The Kier molecular flexibility index (Phi) is 5.89. The van der Waals surface area contributed by atoms with Crippen LogP contribution in [0.4, 0.5) is 4.39 Å². The van der Waals surface area contributed by atoms with Crippen LogP contribution in [-0.2, 0) is 4.79 Å². The van der Waals surface area contributed by atoms with Crippen molar-refractivity contribution in [3.8, 4) is 5.75 Å². The largest absolute Gasteiger partial charge is 0.497 e. The van der Waals surface area contributed by atoms with Crippen LogP contribution < -0.4 is 10.5 Å². The highest BCUT2D eigenvalue weighted by molar-refractivity contribution is 5.81. The Hall–Kier alpha value is -2.44. The summed E-state index contributed by atoms with van der Waals surface area (Å²) in [6, 6.07) is 11.9. The predicted octanol–water partition coefficient (Wildman–Crippen LogP) is 2.03. The van der Waals surface area contributed by atoms with Gasteiger partial charge < -0.3 is 15.6 Å². The number of rotatable bonds is 7. The van der Waals surface area contributed by atoms with E-state index >= 15 is 0 Å². The van der Waals surface area contributed by atoms with Crippen LogP contribution in [0.3, 0.4) is 0 Å². The van der Waals surface area contributed by atoms with Gasteiger partial charge in [-0.1, -0.05) is 24.3 Å². The molecule has 2 aromatic carbocycles. The monoisotopic (exact) mass is 332 g/mol. The van der Waals surface area contributed by atoms with Crippen molar-refractivity contribution in [1.29, 1.82) is 0 Å². The number of carbonyl (C=O) groups is 1. The van der Waals surface area contributed by atoms with Gasteiger partial charge >= 0.3 is 0 Å². The molecule has 1 amide bonds. The van der Waals surface area contributed by atoms with Crippen molar-refractivity contribution in [2.24, 2.45) is 5.73 Å².